The predicted octanol–water partition coefficient (Wildman–Crippen LogP) is 6.67. The van der Waals surface area contributed by atoms with E-state index in [9.17, 15) is 18.0 Å². The number of nitrogens with one attached hydrogen (secondary N) is 1. The quantitative estimate of drug-likeness (QED) is 0.170. The zero-order chi connectivity index (χ0) is 33.4. The molecule has 0 radical (unpaired) electrons. The Morgan fingerprint density at radius 1 is 0.870 bits per heavy atom. The fourth-order valence-electron chi connectivity index (χ4n) is 4.92. The molecule has 1 unspecified atom stereocenters. The molecule has 4 rings (SSSR count). The van der Waals surface area contributed by atoms with Crippen LogP contribution in [0.25, 0.3) is 0 Å². The number of benzene rings is 4. The van der Waals surface area contributed by atoms with E-state index in [0.717, 1.165) is 15.4 Å². The van der Waals surface area contributed by atoms with Crippen molar-refractivity contribution in [2.24, 2.45) is 0 Å². The minimum atomic E-state index is -4.28. The van der Waals surface area contributed by atoms with E-state index < -0.39 is 28.5 Å². The van der Waals surface area contributed by atoms with Gasteiger partial charge in [-0.3, -0.25) is 13.9 Å². The van der Waals surface area contributed by atoms with Crippen LogP contribution in [0.5, 0.6) is 5.75 Å². The highest BCUT2D eigenvalue weighted by molar-refractivity contribution is 7.92. The van der Waals surface area contributed by atoms with Crippen LogP contribution in [-0.4, -0.2) is 50.9 Å². The first kappa shape index (κ1) is 34.8. The van der Waals surface area contributed by atoms with Gasteiger partial charge in [-0.15, -0.1) is 0 Å². The van der Waals surface area contributed by atoms with E-state index in [0.29, 0.717) is 16.3 Å². The Morgan fingerprint density at radius 2 is 1.52 bits per heavy atom. The molecule has 0 spiro atoms. The fourth-order valence-corrected chi connectivity index (χ4v) is 6.77. The number of nitrogens with zero attached hydrogens (tertiary/aromatic N) is 2. The second-order valence-corrected chi connectivity index (χ2v) is 13.8. The van der Waals surface area contributed by atoms with E-state index in [2.05, 4.69) is 5.32 Å². The maximum Gasteiger partial charge on any atom is 0.264 e. The van der Waals surface area contributed by atoms with Gasteiger partial charge in [-0.25, -0.2) is 8.42 Å². The number of hydrogen-bond donors (Lipinski definition) is 1. The highest BCUT2D eigenvalue weighted by Gasteiger charge is 2.35. The molecule has 2 amide bonds. The number of carbonyl (C=O) groups excluding carboxylic acids is 2. The average molecular weight is 683 g/mol. The third-order valence-corrected chi connectivity index (χ3v) is 9.76. The van der Waals surface area contributed by atoms with Crippen molar-refractivity contribution in [3.63, 3.8) is 0 Å². The third-order valence-electron chi connectivity index (χ3n) is 7.31. The van der Waals surface area contributed by atoms with Crippen LogP contribution in [0.1, 0.15) is 30.5 Å². The van der Waals surface area contributed by atoms with Gasteiger partial charge < -0.3 is 15.0 Å². The molecule has 4 aromatic rings. The normalized spacial score (nSPS) is 12.0. The van der Waals surface area contributed by atoms with Gasteiger partial charge in [0, 0.05) is 24.0 Å². The lowest BCUT2D eigenvalue weighted by molar-refractivity contribution is -0.140. The van der Waals surface area contributed by atoms with Gasteiger partial charge >= 0.3 is 0 Å². The number of rotatable bonds is 13. The Kier molecular flexibility index (Phi) is 11.7. The maximum absolute atomic E-state index is 14.5. The van der Waals surface area contributed by atoms with E-state index in [1.807, 2.05) is 51.1 Å². The summed E-state index contributed by atoms with van der Waals surface area (Å²) in [6.45, 7) is 4.86. The van der Waals surface area contributed by atoms with Crippen molar-refractivity contribution in [2.75, 3.05) is 18.0 Å². The summed E-state index contributed by atoms with van der Waals surface area (Å²) in [6.07, 6.45) is 0.189. The van der Waals surface area contributed by atoms with Crippen LogP contribution >= 0.6 is 23.2 Å². The summed E-state index contributed by atoms with van der Waals surface area (Å²) in [5, 5.41) is 3.52. The van der Waals surface area contributed by atoms with Crippen LogP contribution in [0.4, 0.5) is 5.69 Å². The molecule has 242 valence electrons. The van der Waals surface area contributed by atoms with Crippen molar-refractivity contribution in [2.45, 2.75) is 50.7 Å². The van der Waals surface area contributed by atoms with E-state index in [1.165, 1.54) is 42.3 Å². The van der Waals surface area contributed by atoms with E-state index in [4.69, 9.17) is 27.9 Å². The van der Waals surface area contributed by atoms with Crippen LogP contribution in [0.2, 0.25) is 10.0 Å². The SMILES string of the molecule is COc1ccc(N(CC(=O)N(Cc2ccccc2Cl)C(Cc2ccccc2)C(=O)NC(C)C)S(=O)(=O)c2ccc(C)cc2)cc1Cl. The molecule has 0 fully saturated rings. The van der Waals surface area contributed by atoms with Gasteiger partial charge in [0.1, 0.15) is 18.3 Å². The smallest absolute Gasteiger partial charge is 0.264 e. The number of amides is 2. The number of anilines is 1. The van der Waals surface area contributed by atoms with Crippen LogP contribution in [0.15, 0.2) is 102 Å². The molecule has 46 heavy (non-hydrogen) atoms. The van der Waals surface area contributed by atoms with Gasteiger partial charge in [0.05, 0.1) is 22.7 Å². The number of aryl methyl sites for hydroxylation is 1. The third kappa shape index (κ3) is 8.60. The Hall–Kier alpha value is -4.05. The minimum absolute atomic E-state index is 0.00567. The van der Waals surface area contributed by atoms with Gasteiger partial charge in [0.25, 0.3) is 10.0 Å². The zero-order valence-electron chi connectivity index (χ0n) is 26.1. The lowest BCUT2D eigenvalue weighted by Gasteiger charge is -2.34. The number of methoxy groups -OCH3 is 1. The van der Waals surface area contributed by atoms with Gasteiger partial charge in [-0.1, -0.05) is 89.4 Å². The molecule has 0 saturated carbocycles. The molecule has 11 heteroatoms. The van der Waals surface area contributed by atoms with Crippen molar-refractivity contribution in [3.8, 4) is 5.75 Å². The van der Waals surface area contributed by atoms with Gasteiger partial charge in [-0.05, 0) is 68.3 Å². The van der Waals surface area contributed by atoms with Crippen molar-refractivity contribution in [1.82, 2.24) is 10.2 Å². The molecular weight excluding hydrogens is 645 g/mol. The number of carbonyl (C=O) groups is 2. The van der Waals surface area contributed by atoms with Gasteiger partial charge in [-0.2, -0.15) is 0 Å². The number of hydrogen-bond acceptors (Lipinski definition) is 5. The van der Waals surface area contributed by atoms with Gasteiger partial charge in [0.15, 0.2) is 0 Å². The Bertz CT molecular complexity index is 1770. The van der Waals surface area contributed by atoms with Crippen molar-refractivity contribution >= 4 is 50.7 Å². The van der Waals surface area contributed by atoms with Crippen LogP contribution in [0, 0.1) is 6.92 Å². The highest BCUT2D eigenvalue weighted by Crippen LogP contribution is 2.32. The largest absolute Gasteiger partial charge is 0.495 e. The summed E-state index contributed by atoms with van der Waals surface area (Å²) in [5.41, 5.74) is 2.46. The van der Waals surface area contributed by atoms with Gasteiger partial charge in [0.2, 0.25) is 11.8 Å². The maximum atomic E-state index is 14.5. The summed E-state index contributed by atoms with van der Waals surface area (Å²) in [4.78, 5) is 29.7. The summed E-state index contributed by atoms with van der Waals surface area (Å²) < 4.78 is 34.7. The summed E-state index contributed by atoms with van der Waals surface area (Å²) in [6, 6.07) is 26.0. The minimum Gasteiger partial charge on any atom is -0.495 e. The topological polar surface area (TPSA) is 96.0 Å². The highest BCUT2D eigenvalue weighted by atomic mass is 35.5. The molecule has 0 aliphatic carbocycles. The standard InChI is InChI=1S/C35H37Cl2N3O5S/c1-24(2)38-35(42)32(20-26-10-6-5-7-11-26)39(22-27-12-8-9-13-30(27)36)34(41)23-40(28-16-19-33(45-4)31(37)21-28)46(43,44)29-17-14-25(3)15-18-29/h5-19,21,24,32H,20,22-23H2,1-4H3,(H,38,42). The molecule has 8 nitrogen and oxygen atoms in total. The molecule has 4 aromatic carbocycles. The molecule has 0 saturated heterocycles. The summed E-state index contributed by atoms with van der Waals surface area (Å²) in [7, 11) is -2.83. The predicted molar refractivity (Wildman–Crippen MR) is 183 cm³/mol. The first-order valence-electron chi connectivity index (χ1n) is 14.7. The second kappa shape index (κ2) is 15.5. The fraction of sp³-hybridized carbons (Fsp3) is 0.257. The van der Waals surface area contributed by atoms with Crippen molar-refractivity contribution in [1.29, 1.82) is 0 Å². The molecule has 1 N–H and O–H groups in total. The average Bonchev–Trinajstić information content (AvgIpc) is 3.02. The van der Waals surface area contributed by atoms with E-state index in [-0.39, 0.29) is 40.5 Å². The van der Waals surface area contributed by atoms with Crippen molar-refractivity contribution in [3.05, 3.63) is 124 Å². The van der Waals surface area contributed by atoms with Crippen molar-refractivity contribution < 1.29 is 22.7 Å². The first-order valence-corrected chi connectivity index (χ1v) is 16.9. The van der Waals surface area contributed by atoms with E-state index >= 15 is 0 Å². The molecular formula is C35H37Cl2N3O5S. The Balaban J connectivity index is 1.84. The number of halogens is 2. The van der Waals surface area contributed by atoms with Crippen LogP contribution in [-0.2, 0) is 32.6 Å². The lowest BCUT2D eigenvalue weighted by Crippen LogP contribution is -2.54. The molecule has 0 aliphatic heterocycles. The number of sulfonamides is 1. The second-order valence-electron chi connectivity index (χ2n) is 11.1. The monoisotopic (exact) mass is 681 g/mol. The molecule has 1 atom stereocenters. The lowest BCUT2D eigenvalue weighted by atomic mass is 10.0. The molecule has 0 aliphatic rings. The van der Waals surface area contributed by atoms with Crippen LogP contribution < -0.4 is 14.4 Å². The molecule has 0 bridgehead atoms. The summed E-state index contributed by atoms with van der Waals surface area (Å²) in [5.74, 6) is -0.639. The molecule has 0 heterocycles. The Labute approximate surface area is 280 Å². The zero-order valence-corrected chi connectivity index (χ0v) is 28.4. The van der Waals surface area contributed by atoms with E-state index in [1.54, 1.807) is 36.4 Å². The first-order chi connectivity index (χ1) is 21.9. The van der Waals surface area contributed by atoms with Crippen LogP contribution in [0.3, 0.4) is 0 Å². The number of ether oxygens (including phenoxy) is 1. The summed E-state index contributed by atoms with van der Waals surface area (Å²) >= 11 is 13.0. The Morgan fingerprint density at radius 3 is 2.13 bits per heavy atom. The molecule has 0 aromatic heterocycles.